The molecule has 7 heteroatoms. The zero-order valence-corrected chi connectivity index (χ0v) is 21.9. The molecule has 0 bridgehead atoms. The van der Waals surface area contributed by atoms with Crippen LogP contribution in [0.4, 0.5) is 10.5 Å². The van der Waals surface area contributed by atoms with Gasteiger partial charge in [-0.25, -0.2) is 4.79 Å². The van der Waals surface area contributed by atoms with Crippen LogP contribution in [0.3, 0.4) is 0 Å². The third-order valence-electron chi connectivity index (χ3n) is 6.81. The third-order valence-corrected chi connectivity index (χ3v) is 7.05. The zero-order chi connectivity index (χ0) is 25.3. The number of nitrogens with zero attached hydrogens (tertiary/aromatic N) is 2. The summed E-state index contributed by atoms with van der Waals surface area (Å²) < 4.78 is 18.5. The van der Waals surface area contributed by atoms with E-state index < -0.39 is 5.60 Å². The first-order valence-electron chi connectivity index (χ1n) is 12.6. The van der Waals surface area contributed by atoms with Crippen molar-refractivity contribution >= 4 is 23.4 Å². The van der Waals surface area contributed by atoms with Crippen LogP contribution in [-0.2, 0) is 11.3 Å². The number of carbonyl (C=O) groups is 1. The predicted molar refractivity (Wildman–Crippen MR) is 142 cm³/mol. The Balaban J connectivity index is 1.30. The van der Waals surface area contributed by atoms with E-state index in [2.05, 4.69) is 11.0 Å². The molecular formula is C29H33ClN2O4. The Morgan fingerprint density at radius 2 is 1.75 bits per heavy atom. The normalized spacial score (nSPS) is 17.3. The molecule has 1 fully saturated rings. The van der Waals surface area contributed by atoms with Gasteiger partial charge in [-0.2, -0.15) is 0 Å². The highest BCUT2D eigenvalue weighted by molar-refractivity contribution is 6.30. The number of piperidine rings is 1. The van der Waals surface area contributed by atoms with Gasteiger partial charge >= 0.3 is 6.09 Å². The summed E-state index contributed by atoms with van der Waals surface area (Å²) in [7, 11) is 0. The van der Waals surface area contributed by atoms with Crippen LogP contribution in [0.5, 0.6) is 5.75 Å². The van der Waals surface area contributed by atoms with Gasteiger partial charge in [0, 0.05) is 49.5 Å². The molecule has 0 aliphatic carbocycles. The number of rotatable bonds is 3. The Morgan fingerprint density at radius 3 is 2.50 bits per heavy atom. The molecule has 0 N–H and O–H groups in total. The molecule has 2 aromatic carbocycles. The van der Waals surface area contributed by atoms with Gasteiger partial charge in [0.1, 0.15) is 28.5 Å². The minimum atomic E-state index is -0.497. The van der Waals surface area contributed by atoms with E-state index in [1.165, 1.54) is 0 Å². The monoisotopic (exact) mass is 508 g/mol. The van der Waals surface area contributed by atoms with Gasteiger partial charge in [0.2, 0.25) is 0 Å². The number of amides is 1. The van der Waals surface area contributed by atoms with Crippen LogP contribution >= 0.6 is 11.6 Å². The van der Waals surface area contributed by atoms with Crippen LogP contribution in [0, 0.1) is 0 Å². The number of carbonyl (C=O) groups excluding carboxylic acids is 1. The van der Waals surface area contributed by atoms with Crippen LogP contribution in [0.2, 0.25) is 5.02 Å². The van der Waals surface area contributed by atoms with Crippen LogP contribution in [0.25, 0.3) is 11.3 Å². The van der Waals surface area contributed by atoms with Crippen LogP contribution in [0.15, 0.2) is 65.1 Å². The molecule has 190 valence electrons. The second-order valence-electron chi connectivity index (χ2n) is 10.7. The Bertz CT molecular complexity index is 1220. The van der Waals surface area contributed by atoms with E-state index in [4.69, 9.17) is 25.5 Å². The predicted octanol–water partition coefficient (Wildman–Crippen LogP) is 7.16. The summed E-state index contributed by atoms with van der Waals surface area (Å²) in [6.07, 6.45) is 2.16. The van der Waals surface area contributed by atoms with Gasteiger partial charge in [0.25, 0.3) is 0 Å². The fourth-order valence-corrected chi connectivity index (χ4v) is 5.13. The number of anilines is 1. The van der Waals surface area contributed by atoms with E-state index in [9.17, 15) is 4.79 Å². The van der Waals surface area contributed by atoms with Crippen molar-refractivity contribution in [1.29, 1.82) is 0 Å². The lowest BCUT2D eigenvalue weighted by Crippen LogP contribution is -2.51. The van der Waals surface area contributed by atoms with E-state index in [-0.39, 0.29) is 11.7 Å². The largest absolute Gasteiger partial charge is 0.485 e. The molecule has 2 aliphatic rings. The molecule has 2 aliphatic heterocycles. The Labute approximate surface area is 217 Å². The summed E-state index contributed by atoms with van der Waals surface area (Å²) in [6, 6.07) is 19.9. The molecule has 3 heterocycles. The average molecular weight is 509 g/mol. The molecule has 1 saturated heterocycles. The fourth-order valence-electron chi connectivity index (χ4n) is 4.94. The maximum absolute atomic E-state index is 12.6. The van der Waals surface area contributed by atoms with Gasteiger partial charge in [0.05, 0.1) is 12.2 Å². The number of hydrogen-bond donors (Lipinski definition) is 0. The van der Waals surface area contributed by atoms with E-state index in [0.29, 0.717) is 24.7 Å². The molecule has 0 radical (unpaired) electrons. The average Bonchev–Trinajstić information content (AvgIpc) is 3.25. The summed E-state index contributed by atoms with van der Waals surface area (Å²) in [6.45, 7) is 8.40. The topological polar surface area (TPSA) is 55.2 Å². The number of furan rings is 1. The molecule has 1 amide bonds. The minimum absolute atomic E-state index is 0.249. The Kier molecular flexibility index (Phi) is 6.64. The molecule has 1 spiro atoms. The lowest BCUT2D eigenvalue weighted by molar-refractivity contribution is -0.0186. The first-order chi connectivity index (χ1) is 17.2. The van der Waals surface area contributed by atoms with Crippen molar-refractivity contribution in [2.45, 2.75) is 57.8 Å². The molecular weight excluding hydrogens is 476 g/mol. The molecule has 5 rings (SSSR count). The van der Waals surface area contributed by atoms with Crippen molar-refractivity contribution in [3.05, 3.63) is 71.4 Å². The molecule has 1 aromatic heterocycles. The van der Waals surface area contributed by atoms with Crippen LogP contribution in [-0.4, -0.2) is 41.8 Å². The summed E-state index contributed by atoms with van der Waals surface area (Å²) in [5.74, 6) is 2.57. The van der Waals surface area contributed by atoms with Crippen LogP contribution in [0.1, 0.15) is 45.8 Å². The van der Waals surface area contributed by atoms with Gasteiger partial charge < -0.3 is 23.7 Å². The molecule has 6 nitrogen and oxygen atoms in total. The number of hydrogen-bond acceptors (Lipinski definition) is 5. The quantitative estimate of drug-likeness (QED) is 0.375. The van der Waals surface area contributed by atoms with E-state index >= 15 is 0 Å². The SMILES string of the molecule is CC(C)(C)OC(=O)N1CCC2(CC1)CCN(Cc1ccc(-c3cccc(Cl)c3)o1)c1ccccc1O2. The standard InChI is InChI=1S/C29H33ClN2O4/c1-28(2,3)36-27(33)31-16-13-29(14-17-31)15-18-32(24-9-4-5-10-26(24)35-29)20-23-11-12-25(34-23)21-7-6-8-22(30)19-21/h4-12,19H,13-18,20H2,1-3H3. The van der Waals surface area contributed by atoms with Crippen LogP contribution < -0.4 is 9.64 Å². The van der Waals surface area contributed by atoms with Crippen molar-refractivity contribution in [1.82, 2.24) is 4.90 Å². The fraction of sp³-hybridized carbons (Fsp3) is 0.414. The second kappa shape index (κ2) is 9.74. The van der Waals surface area contributed by atoms with Gasteiger partial charge in [-0.1, -0.05) is 35.9 Å². The summed E-state index contributed by atoms with van der Waals surface area (Å²) >= 11 is 6.16. The number of para-hydroxylation sites is 2. The highest BCUT2D eigenvalue weighted by Crippen LogP contribution is 2.41. The highest BCUT2D eigenvalue weighted by Gasteiger charge is 2.41. The van der Waals surface area contributed by atoms with Gasteiger partial charge in [0.15, 0.2) is 0 Å². The van der Waals surface area contributed by atoms with Gasteiger partial charge in [-0.05, 0) is 57.2 Å². The number of likely N-dealkylation sites (tertiary alicyclic amines) is 1. The minimum Gasteiger partial charge on any atom is -0.485 e. The van der Waals surface area contributed by atoms with Crippen molar-refractivity contribution in [2.24, 2.45) is 0 Å². The number of fused-ring (bicyclic) bond motifs is 1. The lowest BCUT2D eigenvalue weighted by Gasteiger charge is -2.41. The van der Waals surface area contributed by atoms with Crippen molar-refractivity contribution in [2.75, 3.05) is 24.5 Å². The number of halogens is 1. The molecule has 0 atom stereocenters. The molecule has 3 aromatic rings. The second-order valence-corrected chi connectivity index (χ2v) is 11.1. The summed E-state index contributed by atoms with van der Waals surface area (Å²) in [5.41, 5.74) is 1.22. The first kappa shape index (κ1) is 24.6. The Morgan fingerprint density at radius 1 is 1.00 bits per heavy atom. The first-order valence-corrected chi connectivity index (χ1v) is 12.9. The number of benzene rings is 2. The van der Waals surface area contributed by atoms with Crippen molar-refractivity contribution in [3.63, 3.8) is 0 Å². The maximum Gasteiger partial charge on any atom is 0.410 e. The Hall–Kier alpha value is -3.12. The van der Waals surface area contributed by atoms with Gasteiger partial charge in [-0.3, -0.25) is 0 Å². The van der Waals surface area contributed by atoms with E-state index in [1.54, 1.807) is 4.90 Å². The smallest absolute Gasteiger partial charge is 0.410 e. The number of ether oxygens (including phenoxy) is 2. The highest BCUT2D eigenvalue weighted by atomic mass is 35.5. The molecule has 0 saturated carbocycles. The van der Waals surface area contributed by atoms with Gasteiger partial charge in [-0.15, -0.1) is 0 Å². The van der Waals surface area contributed by atoms with Crippen molar-refractivity contribution in [3.8, 4) is 17.1 Å². The summed E-state index contributed by atoms with van der Waals surface area (Å²) in [5, 5.41) is 0.687. The molecule has 36 heavy (non-hydrogen) atoms. The van der Waals surface area contributed by atoms with E-state index in [1.807, 2.05) is 75.4 Å². The molecule has 0 unspecified atom stereocenters. The third kappa shape index (κ3) is 5.49. The zero-order valence-electron chi connectivity index (χ0n) is 21.1. The maximum atomic E-state index is 12.6. The van der Waals surface area contributed by atoms with Crippen molar-refractivity contribution < 1.29 is 18.7 Å². The van der Waals surface area contributed by atoms with E-state index in [0.717, 1.165) is 54.3 Å². The lowest BCUT2D eigenvalue weighted by atomic mass is 9.88. The summed E-state index contributed by atoms with van der Waals surface area (Å²) in [4.78, 5) is 16.7.